The van der Waals surface area contributed by atoms with Crippen LogP contribution in [0.4, 0.5) is 0 Å². The van der Waals surface area contributed by atoms with Crippen LogP contribution in [-0.2, 0) is 13.0 Å². The fourth-order valence-electron chi connectivity index (χ4n) is 3.14. The highest BCUT2D eigenvalue weighted by atomic mass is 16.5. The number of ether oxygens (including phenoxy) is 4. The molecule has 0 aliphatic rings. The average Bonchev–Trinajstić information content (AvgIpc) is 2.78. The van der Waals surface area contributed by atoms with Gasteiger partial charge >= 0.3 is 0 Å². The zero-order valence-electron chi connectivity index (χ0n) is 18.6. The lowest BCUT2D eigenvalue weighted by Gasteiger charge is -2.15. The first-order chi connectivity index (χ1) is 14.7. The summed E-state index contributed by atoms with van der Waals surface area (Å²) in [5.74, 6) is 3.73. The van der Waals surface area contributed by atoms with E-state index in [-0.39, 0.29) is 0 Å². The highest BCUT2D eigenvalue weighted by Crippen LogP contribution is 2.30. The molecule has 0 amide bonds. The zero-order chi connectivity index (χ0) is 21.8. The van der Waals surface area contributed by atoms with Gasteiger partial charge in [-0.2, -0.15) is 0 Å². The van der Waals surface area contributed by atoms with Gasteiger partial charge in [0.2, 0.25) is 0 Å². The topological polar surface area (TPSA) is 73.3 Å². The summed E-state index contributed by atoms with van der Waals surface area (Å²) in [5, 5.41) is 6.67. The molecule has 0 atom stereocenters. The summed E-state index contributed by atoms with van der Waals surface area (Å²) in [6.45, 7) is 3.96. The number of hydrogen-bond donors (Lipinski definition) is 2. The minimum atomic E-state index is 0.580. The molecule has 0 spiro atoms. The highest BCUT2D eigenvalue weighted by Gasteiger charge is 2.10. The third-order valence-electron chi connectivity index (χ3n) is 4.62. The molecule has 0 saturated carbocycles. The van der Waals surface area contributed by atoms with Crippen LogP contribution in [-0.4, -0.2) is 47.5 Å². The summed E-state index contributed by atoms with van der Waals surface area (Å²) in [6, 6.07) is 11.9. The van der Waals surface area contributed by atoms with Crippen molar-refractivity contribution in [2.75, 3.05) is 41.5 Å². The first-order valence-corrected chi connectivity index (χ1v) is 10.1. The molecule has 164 valence electrons. The molecule has 7 nitrogen and oxygen atoms in total. The summed E-state index contributed by atoms with van der Waals surface area (Å²) in [6.07, 6.45) is 1.89. The molecule has 2 aromatic rings. The van der Waals surface area contributed by atoms with E-state index in [0.29, 0.717) is 18.9 Å². The SMILES string of the molecule is CCOc1cc(CCCNC(=NC)NCc2cccc(OC)c2OC)ccc1OC. The Kier molecular flexibility index (Phi) is 9.64. The maximum atomic E-state index is 5.65. The number of aryl methyl sites for hydroxylation is 1. The molecule has 0 radical (unpaired) electrons. The molecule has 0 aromatic heterocycles. The van der Waals surface area contributed by atoms with E-state index in [1.54, 1.807) is 28.4 Å². The number of guanidine groups is 1. The minimum absolute atomic E-state index is 0.580. The van der Waals surface area contributed by atoms with Crippen LogP contribution in [0.1, 0.15) is 24.5 Å². The van der Waals surface area contributed by atoms with E-state index in [2.05, 4.69) is 21.7 Å². The van der Waals surface area contributed by atoms with Crippen molar-refractivity contribution >= 4 is 5.96 Å². The second-order valence-electron chi connectivity index (χ2n) is 6.53. The smallest absolute Gasteiger partial charge is 0.191 e. The average molecular weight is 416 g/mol. The third-order valence-corrected chi connectivity index (χ3v) is 4.62. The van der Waals surface area contributed by atoms with Gasteiger partial charge in [-0.1, -0.05) is 18.2 Å². The van der Waals surface area contributed by atoms with Gasteiger partial charge in [-0.15, -0.1) is 0 Å². The molecular weight excluding hydrogens is 382 g/mol. The molecule has 2 rings (SSSR count). The number of para-hydroxylation sites is 1. The van der Waals surface area contributed by atoms with Gasteiger partial charge in [0.05, 0.1) is 27.9 Å². The minimum Gasteiger partial charge on any atom is -0.493 e. The summed E-state index contributed by atoms with van der Waals surface area (Å²) in [4.78, 5) is 4.29. The summed E-state index contributed by atoms with van der Waals surface area (Å²) >= 11 is 0. The van der Waals surface area contributed by atoms with Crippen LogP contribution < -0.4 is 29.6 Å². The van der Waals surface area contributed by atoms with Crippen LogP contribution in [0.5, 0.6) is 23.0 Å². The van der Waals surface area contributed by atoms with Crippen LogP contribution >= 0.6 is 0 Å². The largest absolute Gasteiger partial charge is 0.493 e. The molecule has 0 bridgehead atoms. The zero-order valence-corrected chi connectivity index (χ0v) is 18.6. The second-order valence-corrected chi connectivity index (χ2v) is 6.53. The fraction of sp³-hybridized carbons (Fsp3) is 0.435. The van der Waals surface area contributed by atoms with Crippen molar-refractivity contribution in [2.24, 2.45) is 4.99 Å². The van der Waals surface area contributed by atoms with Gasteiger partial charge in [0.1, 0.15) is 0 Å². The van der Waals surface area contributed by atoms with Gasteiger partial charge in [0, 0.05) is 25.7 Å². The number of rotatable bonds is 11. The number of methoxy groups -OCH3 is 3. The third kappa shape index (κ3) is 6.47. The van der Waals surface area contributed by atoms with E-state index < -0.39 is 0 Å². The monoisotopic (exact) mass is 415 g/mol. The van der Waals surface area contributed by atoms with E-state index in [4.69, 9.17) is 18.9 Å². The Morgan fingerprint density at radius 3 is 2.40 bits per heavy atom. The van der Waals surface area contributed by atoms with Gasteiger partial charge in [-0.25, -0.2) is 0 Å². The number of benzene rings is 2. The van der Waals surface area contributed by atoms with Crippen LogP contribution in [0.2, 0.25) is 0 Å². The lowest BCUT2D eigenvalue weighted by atomic mass is 10.1. The van der Waals surface area contributed by atoms with Crippen molar-refractivity contribution in [1.82, 2.24) is 10.6 Å². The lowest BCUT2D eigenvalue weighted by molar-refractivity contribution is 0.310. The Labute approximate surface area is 179 Å². The number of aliphatic imine (C=N–C) groups is 1. The molecule has 7 heteroatoms. The standard InChI is InChI=1S/C23H33N3O4/c1-6-30-21-15-17(12-13-19(21)27-3)9-8-14-25-23(24-2)26-16-18-10-7-11-20(28-4)22(18)29-5/h7,10-13,15H,6,8-9,14,16H2,1-5H3,(H2,24,25,26). The highest BCUT2D eigenvalue weighted by molar-refractivity contribution is 5.79. The predicted molar refractivity (Wildman–Crippen MR) is 120 cm³/mol. The quantitative estimate of drug-likeness (QED) is 0.333. The van der Waals surface area contributed by atoms with Gasteiger partial charge in [0.25, 0.3) is 0 Å². The van der Waals surface area contributed by atoms with Crippen LogP contribution in [0.3, 0.4) is 0 Å². The van der Waals surface area contributed by atoms with Crippen LogP contribution in [0, 0.1) is 0 Å². The first kappa shape index (κ1) is 23.2. The lowest BCUT2D eigenvalue weighted by Crippen LogP contribution is -2.37. The van der Waals surface area contributed by atoms with E-state index in [9.17, 15) is 0 Å². The van der Waals surface area contributed by atoms with E-state index in [0.717, 1.165) is 48.2 Å². The van der Waals surface area contributed by atoms with Gasteiger partial charge < -0.3 is 29.6 Å². The number of nitrogens with zero attached hydrogens (tertiary/aromatic N) is 1. The Balaban J connectivity index is 1.84. The molecule has 0 heterocycles. The molecule has 0 aliphatic heterocycles. The molecule has 2 aromatic carbocycles. The van der Waals surface area contributed by atoms with Crippen molar-refractivity contribution in [1.29, 1.82) is 0 Å². The number of nitrogens with one attached hydrogen (secondary N) is 2. The normalized spacial score (nSPS) is 11.0. The first-order valence-electron chi connectivity index (χ1n) is 10.1. The molecule has 0 unspecified atom stereocenters. The Morgan fingerprint density at radius 1 is 0.933 bits per heavy atom. The summed E-state index contributed by atoms with van der Waals surface area (Å²) in [7, 11) is 6.69. The Hall–Kier alpha value is -3.09. The maximum Gasteiger partial charge on any atom is 0.191 e. The summed E-state index contributed by atoms with van der Waals surface area (Å²) < 4.78 is 21.8. The van der Waals surface area contributed by atoms with Crippen LogP contribution in [0.15, 0.2) is 41.4 Å². The Bertz CT molecular complexity index is 824. The van der Waals surface area contributed by atoms with Crippen molar-refractivity contribution in [3.63, 3.8) is 0 Å². The van der Waals surface area contributed by atoms with Gasteiger partial charge in [-0.3, -0.25) is 4.99 Å². The van der Waals surface area contributed by atoms with Gasteiger partial charge in [0.15, 0.2) is 29.0 Å². The maximum absolute atomic E-state index is 5.65. The second kappa shape index (κ2) is 12.5. The molecule has 30 heavy (non-hydrogen) atoms. The van der Waals surface area contributed by atoms with Crippen molar-refractivity contribution in [3.8, 4) is 23.0 Å². The van der Waals surface area contributed by atoms with Gasteiger partial charge in [-0.05, 0) is 43.5 Å². The van der Waals surface area contributed by atoms with Crippen molar-refractivity contribution < 1.29 is 18.9 Å². The van der Waals surface area contributed by atoms with Crippen LogP contribution in [0.25, 0.3) is 0 Å². The molecule has 0 aliphatic carbocycles. The van der Waals surface area contributed by atoms with Crippen molar-refractivity contribution in [3.05, 3.63) is 47.5 Å². The number of hydrogen-bond acceptors (Lipinski definition) is 5. The van der Waals surface area contributed by atoms with E-state index in [1.165, 1.54) is 5.56 Å². The molecule has 0 saturated heterocycles. The molecular formula is C23H33N3O4. The predicted octanol–water partition coefficient (Wildman–Crippen LogP) is 3.41. The van der Waals surface area contributed by atoms with Crippen molar-refractivity contribution in [2.45, 2.75) is 26.3 Å². The Morgan fingerprint density at radius 2 is 1.73 bits per heavy atom. The fourth-order valence-corrected chi connectivity index (χ4v) is 3.14. The summed E-state index contributed by atoms with van der Waals surface area (Å²) in [5.41, 5.74) is 2.21. The molecule has 2 N–H and O–H groups in total. The van der Waals surface area contributed by atoms with E-state index >= 15 is 0 Å². The van der Waals surface area contributed by atoms with E-state index in [1.807, 2.05) is 37.3 Å². The molecule has 0 fully saturated rings.